The maximum atomic E-state index is 11.6. The number of carbonyl (C=O) groups is 1. The van der Waals surface area contributed by atoms with Gasteiger partial charge in [0, 0.05) is 19.0 Å². The Labute approximate surface area is 161 Å². The van der Waals surface area contributed by atoms with Crippen LogP contribution < -0.4 is 5.32 Å². The van der Waals surface area contributed by atoms with E-state index in [2.05, 4.69) is 64.8 Å². The Balaban J connectivity index is 1.60. The van der Waals surface area contributed by atoms with Crippen molar-refractivity contribution in [3.63, 3.8) is 0 Å². The van der Waals surface area contributed by atoms with E-state index >= 15 is 0 Å². The summed E-state index contributed by atoms with van der Waals surface area (Å²) >= 11 is 5.64. The topological polar surface area (TPSA) is 32.3 Å². The number of rotatable bonds is 7. The molecular weight excluding hydrogens is 344 g/mol. The number of nitrogens with zero attached hydrogens (tertiary/aromatic N) is 1. The minimum Gasteiger partial charge on any atom is -0.354 e. The number of alkyl halides is 1. The molecule has 0 radical (unpaired) electrons. The van der Waals surface area contributed by atoms with Gasteiger partial charge >= 0.3 is 0 Å². The summed E-state index contributed by atoms with van der Waals surface area (Å²) in [6.45, 7) is 3.89. The number of carbonyl (C=O) groups excluding carboxylic acids is 1. The molecule has 2 aromatic rings. The SMILES string of the molecule is O=C(CCl)NCC(c1ccccc1)C1CCN(Cc2ccccc2)CC1. The molecule has 1 N–H and O–H groups in total. The van der Waals surface area contributed by atoms with E-state index in [1.807, 2.05) is 6.07 Å². The van der Waals surface area contributed by atoms with Crippen LogP contribution in [-0.4, -0.2) is 36.3 Å². The zero-order chi connectivity index (χ0) is 18.2. The number of hydrogen-bond acceptors (Lipinski definition) is 2. The molecule has 1 aliphatic rings. The fourth-order valence-electron chi connectivity index (χ4n) is 3.88. The number of likely N-dealkylation sites (tertiary alicyclic amines) is 1. The number of piperidine rings is 1. The average Bonchev–Trinajstić information content (AvgIpc) is 2.71. The third-order valence-electron chi connectivity index (χ3n) is 5.32. The van der Waals surface area contributed by atoms with Gasteiger partial charge in [0.1, 0.15) is 5.88 Å². The first kappa shape index (κ1) is 18.9. The van der Waals surface area contributed by atoms with Crippen molar-refractivity contribution in [3.05, 3.63) is 71.8 Å². The third kappa shape index (κ3) is 5.33. The van der Waals surface area contributed by atoms with Gasteiger partial charge in [-0.05, 0) is 43.0 Å². The first-order chi connectivity index (χ1) is 12.8. The molecule has 4 heteroatoms. The van der Waals surface area contributed by atoms with Crippen LogP contribution in [0.5, 0.6) is 0 Å². The number of halogens is 1. The molecule has 1 atom stereocenters. The monoisotopic (exact) mass is 370 g/mol. The van der Waals surface area contributed by atoms with Gasteiger partial charge in [-0.25, -0.2) is 0 Å². The normalized spacial score (nSPS) is 17.0. The molecule has 1 aliphatic heterocycles. The number of benzene rings is 2. The van der Waals surface area contributed by atoms with Crippen LogP contribution in [0.1, 0.15) is 29.9 Å². The van der Waals surface area contributed by atoms with Crippen molar-refractivity contribution in [1.29, 1.82) is 0 Å². The predicted octanol–water partition coefficient (Wildman–Crippen LogP) is 4.04. The van der Waals surface area contributed by atoms with Crippen molar-refractivity contribution >= 4 is 17.5 Å². The Hall–Kier alpha value is -1.84. The number of nitrogens with one attached hydrogen (secondary N) is 1. The maximum absolute atomic E-state index is 11.6. The molecule has 0 saturated carbocycles. The van der Waals surface area contributed by atoms with E-state index in [0.29, 0.717) is 18.4 Å². The van der Waals surface area contributed by atoms with Crippen molar-refractivity contribution in [3.8, 4) is 0 Å². The van der Waals surface area contributed by atoms with E-state index < -0.39 is 0 Å². The number of hydrogen-bond donors (Lipinski definition) is 1. The lowest BCUT2D eigenvalue weighted by molar-refractivity contribution is -0.118. The maximum Gasteiger partial charge on any atom is 0.234 e. The standard InChI is InChI=1S/C22H27ClN2O/c23-15-22(26)24-16-21(19-9-5-2-6-10-19)20-11-13-25(14-12-20)17-18-7-3-1-4-8-18/h1-10,20-21H,11-17H2,(H,24,26). The Morgan fingerprint density at radius 2 is 1.65 bits per heavy atom. The molecule has 138 valence electrons. The van der Waals surface area contributed by atoms with E-state index in [-0.39, 0.29) is 11.8 Å². The zero-order valence-electron chi connectivity index (χ0n) is 15.1. The fraction of sp³-hybridized carbons (Fsp3) is 0.409. The highest BCUT2D eigenvalue weighted by Crippen LogP contribution is 2.32. The smallest absolute Gasteiger partial charge is 0.234 e. The Morgan fingerprint density at radius 3 is 2.27 bits per heavy atom. The predicted molar refractivity (Wildman–Crippen MR) is 107 cm³/mol. The molecule has 3 rings (SSSR count). The van der Waals surface area contributed by atoms with Crippen LogP contribution in [0.4, 0.5) is 0 Å². The largest absolute Gasteiger partial charge is 0.354 e. The van der Waals surface area contributed by atoms with Gasteiger partial charge in [0.05, 0.1) is 0 Å². The van der Waals surface area contributed by atoms with Crippen molar-refractivity contribution in [1.82, 2.24) is 10.2 Å². The first-order valence-electron chi connectivity index (χ1n) is 9.40. The summed E-state index contributed by atoms with van der Waals surface area (Å²) in [5.74, 6) is 0.869. The van der Waals surface area contributed by atoms with Gasteiger partial charge < -0.3 is 5.32 Å². The summed E-state index contributed by atoms with van der Waals surface area (Å²) in [5.41, 5.74) is 2.68. The van der Waals surface area contributed by atoms with Crippen LogP contribution >= 0.6 is 11.6 Å². The molecular formula is C22H27ClN2O. The molecule has 1 unspecified atom stereocenters. The minimum absolute atomic E-state index is 0.0248. The van der Waals surface area contributed by atoms with Crippen LogP contribution in [-0.2, 0) is 11.3 Å². The van der Waals surface area contributed by atoms with Crippen LogP contribution in [0.25, 0.3) is 0 Å². The highest BCUT2D eigenvalue weighted by atomic mass is 35.5. The van der Waals surface area contributed by atoms with Crippen molar-refractivity contribution in [2.75, 3.05) is 25.5 Å². The Morgan fingerprint density at radius 1 is 1.04 bits per heavy atom. The molecule has 1 heterocycles. The van der Waals surface area contributed by atoms with Gasteiger partial charge in [0.2, 0.25) is 5.91 Å². The first-order valence-corrected chi connectivity index (χ1v) is 9.93. The van der Waals surface area contributed by atoms with E-state index in [0.717, 1.165) is 32.5 Å². The molecule has 2 aromatic carbocycles. The number of amides is 1. The molecule has 0 aliphatic carbocycles. The fourth-order valence-corrected chi connectivity index (χ4v) is 3.98. The summed E-state index contributed by atoms with van der Waals surface area (Å²) < 4.78 is 0. The quantitative estimate of drug-likeness (QED) is 0.746. The highest BCUT2D eigenvalue weighted by molar-refractivity contribution is 6.27. The van der Waals surface area contributed by atoms with Gasteiger partial charge in [-0.3, -0.25) is 9.69 Å². The van der Waals surface area contributed by atoms with Crippen molar-refractivity contribution in [2.24, 2.45) is 5.92 Å². The second-order valence-electron chi connectivity index (χ2n) is 7.05. The van der Waals surface area contributed by atoms with Crippen LogP contribution in [0, 0.1) is 5.92 Å². The van der Waals surface area contributed by atoms with Gasteiger partial charge in [-0.15, -0.1) is 11.6 Å². The molecule has 0 aromatic heterocycles. The van der Waals surface area contributed by atoms with Crippen molar-refractivity contribution < 1.29 is 4.79 Å². The van der Waals surface area contributed by atoms with Gasteiger partial charge in [-0.1, -0.05) is 60.7 Å². The minimum atomic E-state index is -0.0888. The molecule has 3 nitrogen and oxygen atoms in total. The molecule has 0 spiro atoms. The summed E-state index contributed by atoms with van der Waals surface area (Å²) in [7, 11) is 0. The molecule has 0 bridgehead atoms. The average molecular weight is 371 g/mol. The van der Waals surface area contributed by atoms with E-state index in [4.69, 9.17) is 11.6 Å². The lowest BCUT2D eigenvalue weighted by Gasteiger charge is -2.36. The van der Waals surface area contributed by atoms with Crippen LogP contribution in [0.15, 0.2) is 60.7 Å². The molecule has 1 saturated heterocycles. The summed E-state index contributed by atoms with van der Waals surface area (Å²) in [4.78, 5) is 14.2. The lowest BCUT2D eigenvalue weighted by Crippen LogP contribution is -2.38. The lowest BCUT2D eigenvalue weighted by atomic mass is 9.80. The molecule has 1 amide bonds. The Kier molecular flexibility index (Phi) is 7.10. The Bertz CT molecular complexity index is 669. The second-order valence-corrected chi connectivity index (χ2v) is 7.32. The summed E-state index contributed by atoms with van der Waals surface area (Å²) in [6.07, 6.45) is 2.31. The van der Waals surface area contributed by atoms with Gasteiger partial charge in [-0.2, -0.15) is 0 Å². The van der Waals surface area contributed by atoms with Crippen LogP contribution in [0.2, 0.25) is 0 Å². The van der Waals surface area contributed by atoms with Gasteiger partial charge in [0.15, 0.2) is 0 Å². The third-order valence-corrected chi connectivity index (χ3v) is 5.56. The highest BCUT2D eigenvalue weighted by Gasteiger charge is 2.28. The summed E-state index contributed by atoms with van der Waals surface area (Å²) in [5, 5.41) is 2.99. The van der Waals surface area contributed by atoms with E-state index in [1.54, 1.807) is 0 Å². The van der Waals surface area contributed by atoms with Crippen LogP contribution in [0.3, 0.4) is 0 Å². The molecule has 26 heavy (non-hydrogen) atoms. The van der Waals surface area contributed by atoms with Gasteiger partial charge in [0.25, 0.3) is 0 Å². The zero-order valence-corrected chi connectivity index (χ0v) is 15.9. The second kappa shape index (κ2) is 9.75. The van der Waals surface area contributed by atoms with E-state index in [9.17, 15) is 4.79 Å². The van der Waals surface area contributed by atoms with Crippen molar-refractivity contribution in [2.45, 2.75) is 25.3 Å². The summed E-state index contributed by atoms with van der Waals surface area (Å²) in [6, 6.07) is 21.2. The van der Waals surface area contributed by atoms with E-state index in [1.165, 1.54) is 11.1 Å². The molecule has 1 fully saturated rings.